The van der Waals surface area contributed by atoms with Gasteiger partial charge in [0.05, 0.1) is 17.7 Å². The number of nitrogens with two attached hydrogens (primary N) is 1. The summed E-state index contributed by atoms with van der Waals surface area (Å²) in [6, 6.07) is 7.95. The molecule has 0 radical (unpaired) electrons. The maximum absolute atomic E-state index is 12.6. The van der Waals surface area contributed by atoms with Crippen LogP contribution in [0.15, 0.2) is 46.2 Å². The maximum atomic E-state index is 12.6. The summed E-state index contributed by atoms with van der Waals surface area (Å²) in [7, 11) is -6.81. The molecule has 3 N–H and O–H groups in total. The lowest BCUT2D eigenvalue weighted by Gasteiger charge is -2.19. The Hall–Kier alpha value is -2.50. The summed E-state index contributed by atoms with van der Waals surface area (Å²) in [5.41, 5.74) is 0.0183. The fraction of sp³-hybridized carbons (Fsp3) is 0.200. The van der Waals surface area contributed by atoms with Crippen molar-refractivity contribution in [3.8, 4) is 17.2 Å². The van der Waals surface area contributed by atoms with Crippen LogP contribution in [0.3, 0.4) is 0 Å². The zero-order valence-corrected chi connectivity index (χ0v) is 15.3. The van der Waals surface area contributed by atoms with Gasteiger partial charge in [0, 0.05) is 6.07 Å². The predicted molar refractivity (Wildman–Crippen MR) is 92.6 cm³/mol. The number of fused-ring (bicyclic) bond motifs is 1. The van der Waals surface area contributed by atoms with Gasteiger partial charge in [0.25, 0.3) is 10.0 Å². The van der Waals surface area contributed by atoms with Gasteiger partial charge in [-0.25, -0.2) is 22.0 Å². The standard InChI is InChI=1S/C15H16N2O7S2/c1-22-13-4-2-10(8-15(13)25(16,18)19)17-26(20,21)11-3-5-12-14(9-11)24-7-6-23-12/h2-5,8-9,17H,6-7H2,1H3,(H2,16,18,19). The second-order valence-corrected chi connectivity index (χ2v) is 8.53. The van der Waals surface area contributed by atoms with Crippen LogP contribution in [0, 0.1) is 0 Å². The summed E-state index contributed by atoms with van der Waals surface area (Å²) in [5, 5.41) is 5.14. The van der Waals surface area contributed by atoms with E-state index in [4.69, 9.17) is 19.3 Å². The van der Waals surface area contributed by atoms with Crippen molar-refractivity contribution in [2.24, 2.45) is 5.14 Å². The smallest absolute Gasteiger partial charge is 0.262 e. The number of benzene rings is 2. The van der Waals surface area contributed by atoms with Crippen LogP contribution in [0.25, 0.3) is 0 Å². The highest BCUT2D eigenvalue weighted by molar-refractivity contribution is 7.92. The van der Waals surface area contributed by atoms with E-state index >= 15 is 0 Å². The lowest BCUT2D eigenvalue weighted by Crippen LogP contribution is -2.18. The number of sulfonamides is 2. The number of anilines is 1. The molecule has 0 aliphatic carbocycles. The van der Waals surface area contributed by atoms with Crippen LogP contribution in [0.4, 0.5) is 5.69 Å². The van der Waals surface area contributed by atoms with Gasteiger partial charge in [0.1, 0.15) is 23.9 Å². The van der Waals surface area contributed by atoms with E-state index in [0.717, 1.165) is 6.07 Å². The van der Waals surface area contributed by atoms with Crippen LogP contribution in [0.5, 0.6) is 17.2 Å². The molecule has 140 valence electrons. The molecule has 1 aliphatic rings. The average Bonchev–Trinajstić information content (AvgIpc) is 2.60. The first kappa shape index (κ1) is 18.3. The quantitative estimate of drug-likeness (QED) is 0.762. The molecular formula is C15H16N2O7S2. The van der Waals surface area contributed by atoms with E-state index in [0.29, 0.717) is 24.7 Å². The lowest BCUT2D eigenvalue weighted by atomic mass is 10.3. The molecule has 2 aromatic carbocycles. The first-order valence-electron chi connectivity index (χ1n) is 7.34. The summed E-state index contributed by atoms with van der Waals surface area (Å²) in [4.78, 5) is -0.392. The molecule has 0 unspecified atom stereocenters. The van der Waals surface area contributed by atoms with Crippen molar-refractivity contribution in [1.82, 2.24) is 0 Å². The Morgan fingerprint density at radius 1 is 1.00 bits per heavy atom. The van der Waals surface area contributed by atoms with E-state index in [1.807, 2.05) is 0 Å². The fourth-order valence-electron chi connectivity index (χ4n) is 2.37. The molecule has 26 heavy (non-hydrogen) atoms. The third-order valence-electron chi connectivity index (χ3n) is 3.55. The molecule has 0 spiro atoms. The topological polar surface area (TPSA) is 134 Å². The third-order valence-corrected chi connectivity index (χ3v) is 5.86. The van der Waals surface area contributed by atoms with E-state index in [9.17, 15) is 16.8 Å². The second-order valence-electron chi connectivity index (χ2n) is 5.32. The van der Waals surface area contributed by atoms with Crippen LogP contribution in [-0.4, -0.2) is 37.2 Å². The maximum Gasteiger partial charge on any atom is 0.262 e. The molecule has 2 aromatic rings. The van der Waals surface area contributed by atoms with Crippen molar-refractivity contribution in [2.75, 3.05) is 25.0 Å². The Bertz CT molecular complexity index is 1050. The molecular weight excluding hydrogens is 384 g/mol. The lowest BCUT2D eigenvalue weighted by molar-refractivity contribution is 0.171. The van der Waals surface area contributed by atoms with Gasteiger partial charge in [-0.3, -0.25) is 4.72 Å². The van der Waals surface area contributed by atoms with E-state index < -0.39 is 20.0 Å². The zero-order chi connectivity index (χ0) is 18.9. The summed E-state index contributed by atoms with van der Waals surface area (Å²) in [5.74, 6) is 0.782. The molecule has 0 aromatic heterocycles. The predicted octanol–water partition coefficient (Wildman–Crippen LogP) is 0.915. The Balaban J connectivity index is 1.95. The molecule has 11 heteroatoms. The highest BCUT2D eigenvalue weighted by Gasteiger charge is 2.21. The first-order valence-corrected chi connectivity index (χ1v) is 10.4. The number of rotatable bonds is 5. The van der Waals surface area contributed by atoms with Crippen LogP contribution < -0.4 is 24.1 Å². The monoisotopic (exact) mass is 400 g/mol. The number of methoxy groups -OCH3 is 1. The van der Waals surface area contributed by atoms with E-state index in [1.54, 1.807) is 0 Å². The molecule has 9 nitrogen and oxygen atoms in total. The SMILES string of the molecule is COc1ccc(NS(=O)(=O)c2ccc3c(c2)OCCO3)cc1S(N)(=O)=O. The molecule has 0 saturated carbocycles. The minimum Gasteiger partial charge on any atom is -0.495 e. The Labute approximate surface area is 150 Å². The van der Waals surface area contributed by atoms with Crippen LogP contribution in [0.2, 0.25) is 0 Å². The summed E-state index contributed by atoms with van der Waals surface area (Å²) in [6.07, 6.45) is 0. The normalized spacial score (nSPS) is 13.9. The average molecular weight is 400 g/mol. The van der Waals surface area contributed by atoms with E-state index in [1.165, 1.54) is 37.4 Å². The van der Waals surface area contributed by atoms with Crippen molar-refractivity contribution in [3.05, 3.63) is 36.4 Å². The Kier molecular flexibility index (Phi) is 4.69. The Morgan fingerprint density at radius 3 is 2.35 bits per heavy atom. The number of primary sulfonamides is 1. The molecule has 0 saturated heterocycles. The molecule has 0 bridgehead atoms. The van der Waals surface area contributed by atoms with Crippen molar-refractivity contribution < 1.29 is 31.0 Å². The van der Waals surface area contributed by atoms with Crippen LogP contribution >= 0.6 is 0 Å². The van der Waals surface area contributed by atoms with Gasteiger partial charge in [0.15, 0.2) is 11.5 Å². The largest absolute Gasteiger partial charge is 0.495 e. The number of hydrogen-bond acceptors (Lipinski definition) is 7. The highest BCUT2D eigenvalue weighted by Crippen LogP contribution is 2.33. The van der Waals surface area contributed by atoms with Gasteiger partial charge < -0.3 is 14.2 Å². The van der Waals surface area contributed by atoms with E-state index in [-0.39, 0.29) is 21.2 Å². The third kappa shape index (κ3) is 3.69. The van der Waals surface area contributed by atoms with Crippen molar-refractivity contribution in [2.45, 2.75) is 9.79 Å². The summed E-state index contributed by atoms with van der Waals surface area (Å²) >= 11 is 0. The first-order chi connectivity index (χ1) is 12.2. The molecule has 0 amide bonds. The number of nitrogens with one attached hydrogen (secondary N) is 1. The second kappa shape index (κ2) is 6.67. The minimum atomic E-state index is -4.10. The number of hydrogen-bond donors (Lipinski definition) is 2. The molecule has 0 fully saturated rings. The molecule has 1 heterocycles. The summed E-state index contributed by atoms with van der Waals surface area (Å²) in [6.45, 7) is 0.708. The molecule has 0 atom stereocenters. The molecule has 1 aliphatic heterocycles. The van der Waals surface area contributed by atoms with Gasteiger partial charge in [-0.05, 0) is 30.3 Å². The zero-order valence-electron chi connectivity index (χ0n) is 13.6. The van der Waals surface area contributed by atoms with Crippen molar-refractivity contribution >= 4 is 25.7 Å². The van der Waals surface area contributed by atoms with Gasteiger partial charge in [-0.1, -0.05) is 0 Å². The fourth-order valence-corrected chi connectivity index (χ4v) is 4.15. The highest BCUT2D eigenvalue weighted by atomic mass is 32.2. The van der Waals surface area contributed by atoms with Gasteiger partial charge in [0.2, 0.25) is 10.0 Å². The molecule has 3 rings (SSSR count). The van der Waals surface area contributed by atoms with Gasteiger partial charge in [-0.2, -0.15) is 0 Å². The van der Waals surface area contributed by atoms with Crippen LogP contribution in [-0.2, 0) is 20.0 Å². The number of ether oxygens (including phenoxy) is 3. The minimum absolute atomic E-state index is 0.00905. The summed E-state index contributed by atoms with van der Waals surface area (Å²) < 4.78 is 66.4. The Morgan fingerprint density at radius 2 is 1.69 bits per heavy atom. The van der Waals surface area contributed by atoms with Gasteiger partial charge >= 0.3 is 0 Å². The van der Waals surface area contributed by atoms with Gasteiger partial charge in [-0.15, -0.1) is 0 Å². The van der Waals surface area contributed by atoms with Crippen molar-refractivity contribution in [3.63, 3.8) is 0 Å². The van der Waals surface area contributed by atoms with E-state index in [2.05, 4.69) is 4.72 Å². The van der Waals surface area contributed by atoms with Crippen molar-refractivity contribution in [1.29, 1.82) is 0 Å². The van der Waals surface area contributed by atoms with Crippen LogP contribution in [0.1, 0.15) is 0 Å².